The molecule has 2 aliphatic rings. The second-order valence-electron chi connectivity index (χ2n) is 7.18. The maximum absolute atomic E-state index is 12.6. The zero-order chi connectivity index (χ0) is 17.9. The molecule has 0 bridgehead atoms. The van der Waals surface area contributed by atoms with Gasteiger partial charge in [0.15, 0.2) is 5.69 Å². The van der Waals surface area contributed by atoms with Crippen molar-refractivity contribution in [1.82, 2.24) is 15.1 Å². The summed E-state index contributed by atoms with van der Waals surface area (Å²) in [5, 5.41) is 5.60. The molecule has 2 aromatic carbocycles. The van der Waals surface area contributed by atoms with Crippen LogP contribution in [0.1, 0.15) is 24.3 Å². The lowest BCUT2D eigenvalue weighted by atomic mass is 9.88. The fraction of sp³-hybridized carbons (Fsp3) is 0.429. The van der Waals surface area contributed by atoms with Gasteiger partial charge >= 0.3 is 6.03 Å². The number of hydrogen-bond acceptors (Lipinski definition) is 2. The molecule has 2 aliphatic heterocycles. The average Bonchev–Trinajstić information content (AvgIpc) is 2.73. The largest absolute Gasteiger partial charge is 0.325 e. The highest BCUT2D eigenvalue weighted by Gasteiger charge is 2.27. The molecule has 4 rings (SSSR count). The lowest BCUT2D eigenvalue weighted by Gasteiger charge is -2.37. The van der Waals surface area contributed by atoms with Crippen molar-refractivity contribution in [2.24, 2.45) is 0 Å². The molecule has 2 amide bonds. The smallest absolute Gasteiger partial charge is 0.320 e. The number of carbonyl (C=O) groups is 1. The average molecular weight is 348 g/mol. The fourth-order valence-corrected chi connectivity index (χ4v) is 4.04. The predicted octanol–water partition coefficient (Wildman–Crippen LogP) is 3.60. The Labute approximate surface area is 154 Å². The summed E-state index contributed by atoms with van der Waals surface area (Å²) in [6.07, 6.45) is 2.03. The van der Waals surface area contributed by atoms with Crippen molar-refractivity contribution in [3.05, 3.63) is 53.4 Å². The molecule has 134 valence electrons. The molecular weight excluding hydrogens is 324 g/mol. The third-order valence-corrected chi connectivity index (χ3v) is 5.60. The zero-order valence-corrected chi connectivity index (χ0v) is 14.9. The second kappa shape index (κ2) is 7.35. The lowest BCUT2D eigenvalue weighted by molar-refractivity contribution is 0.134. The maximum atomic E-state index is 12.6. The minimum absolute atomic E-state index is 0.204. The van der Waals surface area contributed by atoms with Crippen molar-refractivity contribution in [3.63, 3.8) is 0 Å². The molecule has 0 radical (unpaired) electrons. The molecule has 1 N–H and O–H groups in total. The van der Waals surface area contributed by atoms with Crippen LogP contribution >= 0.6 is 0 Å². The van der Waals surface area contributed by atoms with E-state index in [-0.39, 0.29) is 6.03 Å². The van der Waals surface area contributed by atoms with Crippen LogP contribution in [0.5, 0.6) is 0 Å². The van der Waals surface area contributed by atoms with Gasteiger partial charge in [0.05, 0.1) is 6.57 Å². The van der Waals surface area contributed by atoms with E-state index < -0.39 is 0 Å². The van der Waals surface area contributed by atoms with Gasteiger partial charge in [-0.2, -0.15) is 0 Å². The number of piperidine rings is 1. The van der Waals surface area contributed by atoms with Crippen molar-refractivity contribution in [1.29, 1.82) is 0 Å². The summed E-state index contributed by atoms with van der Waals surface area (Å²) in [5.41, 5.74) is 2.03. The van der Waals surface area contributed by atoms with Gasteiger partial charge in [0.1, 0.15) is 0 Å². The quantitative estimate of drug-likeness (QED) is 0.800. The van der Waals surface area contributed by atoms with E-state index in [0.29, 0.717) is 11.6 Å². The molecule has 0 unspecified atom stereocenters. The van der Waals surface area contributed by atoms with Crippen LogP contribution in [0.2, 0.25) is 0 Å². The van der Waals surface area contributed by atoms with Crippen LogP contribution < -0.4 is 5.32 Å². The number of fused-ring (bicyclic) bond motifs is 1. The molecule has 26 heavy (non-hydrogen) atoms. The summed E-state index contributed by atoms with van der Waals surface area (Å²) in [5.74, 6) is 0.506. The Kier molecular flexibility index (Phi) is 4.77. The number of nitrogens with zero attached hydrogens (tertiary/aromatic N) is 3. The number of benzene rings is 2. The standard InChI is InChI=1S/C21H24N4O/c1-22-20-5-4-18-14-17(2-3-19(18)15-20)16-6-10-24(11-7-16)21(26)25-12-8-23-9-13-25/h2-5,14-16,23H,6-13H2. The summed E-state index contributed by atoms with van der Waals surface area (Å²) in [6, 6.07) is 12.6. The van der Waals surface area contributed by atoms with Gasteiger partial charge in [-0.05, 0) is 41.2 Å². The van der Waals surface area contributed by atoms with E-state index in [9.17, 15) is 4.79 Å². The Morgan fingerprint density at radius 1 is 0.962 bits per heavy atom. The van der Waals surface area contributed by atoms with E-state index in [1.807, 2.05) is 28.0 Å². The van der Waals surface area contributed by atoms with Gasteiger partial charge in [-0.3, -0.25) is 0 Å². The first-order valence-corrected chi connectivity index (χ1v) is 9.40. The molecule has 2 aromatic rings. The van der Waals surface area contributed by atoms with Crippen LogP contribution in [0.15, 0.2) is 36.4 Å². The van der Waals surface area contributed by atoms with Crippen molar-refractivity contribution in [2.45, 2.75) is 18.8 Å². The number of piperazine rings is 1. The van der Waals surface area contributed by atoms with Crippen molar-refractivity contribution >= 4 is 22.5 Å². The van der Waals surface area contributed by atoms with Crippen LogP contribution in [-0.4, -0.2) is 55.1 Å². The second-order valence-corrected chi connectivity index (χ2v) is 7.18. The van der Waals surface area contributed by atoms with Gasteiger partial charge in [0, 0.05) is 39.3 Å². The van der Waals surface area contributed by atoms with Gasteiger partial charge in [-0.25, -0.2) is 9.64 Å². The SMILES string of the molecule is [C-]#[N+]c1ccc2cc(C3CCN(C(=O)N4CCNCC4)CC3)ccc2c1. The Hall–Kier alpha value is -2.58. The van der Waals surface area contributed by atoms with Crippen LogP contribution in [0.25, 0.3) is 15.6 Å². The highest BCUT2D eigenvalue weighted by Crippen LogP contribution is 2.31. The number of urea groups is 1. The van der Waals surface area contributed by atoms with Crippen LogP contribution in [0.4, 0.5) is 10.5 Å². The first kappa shape index (κ1) is 16.9. The number of nitrogens with one attached hydrogen (secondary N) is 1. The van der Waals surface area contributed by atoms with Gasteiger partial charge in [0.25, 0.3) is 0 Å². The molecular formula is C21H24N4O. The van der Waals surface area contributed by atoms with E-state index >= 15 is 0 Å². The molecule has 5 nitrogen and oxygen atoms in total. The van der Waals surface area contributed by atoms with Gasteiger partial charge in [-0.15, -0.1) is 0 Å². The molecule has 2 fully saturated rings. The number of carbonyl (C=O) groups excluding carboxylic acids is 1. The Bertz CT molecular complexity index is 843. The minimum Gasteiger partial charge on any atom is -0.325 e. The third kappa shape index (κ3) is 3.38. The molecule has 5 heteroatoms. The van der Waals surface area contributed by atoms with E-state index in [2.05, 4.69) is 28.4 Å². The van der Waals surface area contributed by atoms with Gasteiger partial charge in [0.2, 0.25) is 0 Å². The zero-order valence-electron chi connectivity index (χ0n) is 14.9. The van der Waals surface area contributed by atoms with Crippen LogP contribution in [0.3, 0.4) is 0 Å². The first-order chi connectivity index (χ1) is 12.7. The molecule has 2 heterocycles. The van der Waals surface area contributed by atoms with Gasteiger partial charge in [-0.1, -0.05) is 30.3 Å². The van der Waals surface area contributed by atoms with Crippen LogP contribution in [0, 0.1) is 6.57 Å². The van der Waals surface area contributed by atoms with E-state index in [0.717, 1.165) is 57.5 Å². The fourth-order valence-electron chi connectivity index (χ4n) is 4.04. The summed E-state index contributed by atoms with van der Waals surface area (Å²) in [7, 11) is 0. The minimum atomic E-state index is 0.204. The topological polar surface area (TPSA) is 39.9 Å². The maximum Gasteiger partial charge on any atom is 0.320 e. The summed E-state index contributed by atoms with van der Waals surface area (Å²) >= 11 is 0. The van der Waals surface area contributed by atoms with E-state index in [4.69, 9.17) is 6.57 Å². The monoisotopic (exact) mass is 348 g/mol. The normalized spacial score (nSPS) is 18.7. The Morgan fingerprint density at radius 3 is 2.35 bits per heavy atom. The predicted molar refractivity (Wildman–Crippen MR) is 104 cm³/mol. The summed E-state index contributed by atoms with van der Waals surface area (Å²) in [4.78, 5) is 20.1. The van der Waals surface area contributed by atoms with Crippen LogP contribution in [-0.2, 0) is 0 Å². The number of hydrogen-bond donors (Lipinski definition) is 1. The number of amides is 2. The van der Waals surface area contributed by atoms with Gasteiger partial charge < -0.3 is 15.1 Å². The Morgan fingerprint density at radius 2 is 1.62 bits per heavy atom. The molecule has 0 aromatic heterocycles. The van der Waals surface area contributed by atoms with E-state index in [1.165, 1.54) is 10.9 Å². The number of rotatable bonds is 1. The van der Waals surface area contributed by atoms with E-state index in [1.54, 1.807) is 0 Å². The molecule has 0 aliphatic carbocycles. The Balaban J connectivity index is 1.42. The molecule has 2 saturated heterocycles. The summed E-state index contributed by atoms with van der Waals surface area (Å²) in [6.45, 7) is 12.2. The van der Waals surface area contributed by atoms with Crippen molar-refractivity contribution in [2.75, 3.05) is 39.3 Å². The number of likely N-dealkylation sites (tertiary alicyclic amines) is 1. The molecule has 0 spiro atoms. The third-order valence-electron chi connectivity index (χ3n) is 5.60. The lowest BCUT2D eigenvalue weighted by Crippen LogP contribution is -2.52. The molecule has 0 saturated carbocycles. The first-order valence-electron chi connectivity index (χ1n) is 9.40. The highest BCUT2D eigenvalue weighted by molar-refractivity contribution is 5.86. The summed E-state index contributed by atoms with van der Waals surface area (Å²) < 4.78 is 0. The van der Waals surface area contributed by atoms with Crippen molar-refractivity contribution < 1.29 is 4.79 Å². The molecule has 0 atom stereocenters. The van der Waals surface area contributed by atoms with Crippen molar-refractivity contribution in [3.8, 4) is 0 Å². The highest BCUT2D eigenvalue weighted by atomic mass is 16.2.